The van der Waals surface area contributed by atoms with Gasteiger partial charge in [0.2, 0.25) is 0 Å². The standard InChI is InChI=1S/C8H17N3/c1-4-5-11(3)7-8(6-9)10-2/h8,10H,4-5,7H2,1-3H3. The van der Waals surface area contributed by atoms with E-state index in [0.29, 0.717) is 0 Å². The van der Waals surface area contributed by atoms with E-state index >= 15 is 0 Å². The first kappa shape index (κ1) is 10.4. The van der Waals surface area contributed by atoms with Crippen molar-refractivity contribution in [1.29, 1.82) is 5.26 Å². The molecule has 0 aromatic carbocycles. The first-order valence-corrected chi connectivity index (χ1v) is 4.00. The fraction of sp³-hybridized carbons (Fsp3) is 0.875. The zero-order valence-corrected chi connectivity index (χ0v) is 7.59. The minimum atomic E-state index is -0.0356. The van der Waals surface area contributed by atoms with E-state index in [2.05, 4.69) is 23.2 Å². The van der Waals surface area contributed by atoms with Gasteiger partial charge in [-0.1, -0.05) is 6.92 Å². The minimum Gasteiger partial charge on any atom is -0.304 e. The predicted octanol–water partition coefficient (Wildman–Crippen LogP) is 0.440. The molecule has 3 heteroatoms. The molecule has 0 saturated heterocycles. The summed E-state index contributed by atoms with van der Waals surface area (Å²) in [5.74, 6) is 0. The van der Waals surface area contributed by atoms with Gasteiger partial charge in [0.25, 0.3) is 0 Å². The fourth-order valence-electron chi connectivity index (χ4n) is 0.981. The van der Waals surface area contributed by atoms with Crippen molar-refractivity contribution in [2.45, 2.75) is 19.4 Å². The molecule has 3 nitrogen and oxygen atoms in total. The number of hydrogen-bond acceptors (Lipinski definition) is 3. The van der Waals surface area contributed by atoms with Crippen molar-refractivity contribution in [3.8, 4) is 6.07 Å². The third-order valence-electron chi connectivity index (χ3n) is 1.60. The highest BCUT2D eigenvalue weighted by Gasteiger charge is 2.05. The van der Waals surface area contributed by atoms with E-state index in [1.165, 1.54) is 0 Å². The Labute approximate surface area is 69.0 Å². The first-order chi connectivity index (χ1) is 5.24. The van der Waals surface area contributed by atoms with E-state index in [1.54, 1.807) is 0 Å². The zero-order valence-electron chi connectivity index (χ0n) is 7.59. The summed E-state index contributed by atoms with van der Waals surface area (Å²) in [6.45, 7) is 4.00. The third-order valence-corrected chi connectivity index (χ3v) is 1.60. The largest absolute Gasteiger partial charge is 0.304 e. The second-order valence-electron chi connectivity index (χ2n) is 2.73. The van der Waals surface area contributed by atoms with Crippen molar-refractivity contribution >= 4 is 0 Å². The van der Waals surface area contributed by atoms with Gasteiger partial charge in [0.05, 0.1) is 6.07 Å². The van der Waals surface area contributed by atoms with Crippen molar-refractivity contribution in [1.82, 2.24) is 10.2 Å². The van der Waals surface area contributed by atoms with Gasteiger partial charge in [-0.15, -0.1) is 0 Å². The van der Waals surface area contributed by atoms with E-state index in [4.69, 9.17) is 5.26 Å². The normalized spacial score (nSPS) is 13.0. The second kappa shape index (κ2) is 6.14. The molecule has 11 heavy (non-hydrogen) atoms. The third kappa shape index (κ3) is 4.77. The Morgan fingerprint density at radius 3 is 2.64 bits per heavy atom. The van der Waals surface area contributed by atoms with Crippen LogP contribution in [0.2, 0.25) is 0 Å². The van der Waals surface area contributed by atoms with Gasteiger partial charge in [0, 0.05) is 6.54 Å². The lowest BCUT2D eigenvalue weighted by atomic mass is 10.3. The highest BCUT2D eigenvalue weighted by Crippen LogP contribution is 1.89. The van der Waals surface area contributed by atoms with Crippen molar-refractivity contribution in [3.05, 3.63) is 0 Å². The van der Waals surface area contributed by atoms with Crippen molar-refractivity contribution < 1.29 is 0 Å². The molecular formula is C8H17N3. The zero-order chi connectivity index (χ0) is 8.69. The van der Waals surface area contributed by atoms with Gasteiger partial charge < -0.3 is 10.2 Å². The SMILES string of the molecule is CCCN(C)CC(C#N)NC. The molecule has 1 unspecified atom stereocenters. The molecule has 0 aliphatic rings. The molecule has 0 amide bonds. The maximum atomic E-state index is 8.60. The van der Waals surface area contributed by atoms with Gasteiger partial charge in [-0.05, 0) is 27.1 Å². The van der Waals surface area contributed by atoms with Crippen LogP contribution in [0.3, 0.4) is 0 Å². The van der Waals surface area contributed by atoms with Gasteiger partial charge in [-0.3, -0.25) is 0 Å². The molecule has 0 aromatic rings. The molecule has 0 aliphatic carbocycles. The monoisotopic (exact) mass is 155 g/mol. The molecule has 0 radical (unpaired) electrons. The van der Waals surface area contributed by atoms with E-state index in [-0.39, 0.29) is 6.04 Å². The molecule has 0 bridgehead atoms. The summed E-state index contributed by atoms with van der Waals surface area (Å²) in [7, 11) is 3.85. The van der Waals surface area contributed by atoms with Crippen LogP contribution < -0.4 is 5.32 Å². The molecule has 0 aromatic heterocycles. The molecule has 0 aliphatic heterocycles. The molecule has 1 atom stereocenters. The average molecular weight is 155 g/mol. The molecule has 1 N–H and O–H groups in total. The highest BCUT2D eigenvalue weighted by molar-refractivity contribution is 4.90. The summed E-state index contributed by atoms with van der Waals surface area (Å²) in [6.07, 6.45) is 1.14. The van der Waals surface area contributed by atoms with Crippen LogP contribution in [0, 0.1) is 11.3 Å². The molecule has 0 fully saturated rings. The minimum absolute atomic E-state index is 0.0356. The van der Waals surface area contributed by atoms with Crippen LogP contribution in [0.5, 0.6) is 0 Å². The molecule has 64 valence electrons. The number of hydrogen-bond donors (Lipinski definition) is 1. The lowest BCUT2D eigenvalue weighted by Gasteiger charge is -2.18. The van der Waals surface area contributed by atoms with E-state index < -0.39 is 0 Å². The van der Waals surface area contributed by atoms with Gasteiger partial charge in [0.1, 0.15) is 6.04 Å². The summed E-state index contributed by atoms with van der Waals surface area (Å²) in [4.78, 5) is 2.16. The van der Waals surface area contributed by atoms with E-state index in [0.717, 1.165) is 19.5 Å². The van der Waals surface area contributed by atoms with Crippen LogP contribution in [0.25, 0.3) is 0 Å². The smallest absolute Gasteiger partial charge is 0.108 e. The van der Waals surface area contributed by atoms with Crippen LogP contribution in [0.4, 0.5) is 0 Å². The Morgan fingerprint density at radius 2 is 2.27 bits per heavy atom. The highest BCUT2D eigenvalue weighted by atomic mass is 15.1. The van der Waals surface area contributed by atoms with Crippen molar-refractivity contribution in [2.24, 2.45) is 0 Å². The van der Waals surface area contributed by atoms with Crippen LogP contribution in [-0.4, -0.2) is 38.1 Å². The number of nitrogens with one attached hydrogen (secondary N) is 1. The van der Waals surface area contributed by atoms with Crippen LogP contribution >= 0.6 is 0 Å². The molecule has 0 spiro atoms. The number of rotatable bonds is 5. The Morgan fingerprint density at radius 1 is 1.64 bits per heavy atom. The number of nitrogens with zero attached hydrogens (tertiary/aromatic N) is 2. The molecule has 0 heterocycles. The molecular weight excluding hydrogens is 138 g/mol. The molecule has 0 rings (SSSR count). The van der Waals surface area contributed by atoms with Crippen molar-refractivity contribution in [3.63, 3.8) is 0 Å². The predicted molar refractivity (Wildman–Crippen MR) is 46.2 cm³/mol. The first-order valence-electron chi connectivity index (χ1n) is 4.00. The quantitative estimate of drug-likeness (QED) is 0.626. The number of nitriles is 1. The second-order valence-corrected chi connectivity index (χ2v) is 2.73. The van der Waals surface area contributed by atoms with Gasteiger partial charge in [-0.25, -0.2) is 0 Å². The Kier molecular flexibility index (Phi) is 5.81. The van der Waals surface area contributed by atoms with Gasteiger partial charge >= 0.3 is 0 Å². The summed E-state index contributed by atoms with van der Waals surface area (Å²) < 4.78 is 0. The van der Waals surface area contributed by atoms with Gasteiger partial charge in [0.15, 0.2) is 0 Å². The lowest BCUT2D eigenvalue weighted by molar-refractivity contribution is 0.316. The molecule has 0 saturated carbocycles. The Balaban J connectivity index is 3.55. The number of likely N-dealkylation sites (N-methyl/N-ethyl adjacent to an activating group) is 2. The lowest BCUT2D eigenvalue weighted by Crippen LogP contribution is -2.36. The summed E-state index contributed by atoms with van der Waals surface area (Å²) in [5.41, 5.74) is 0. The van der Waals surface area contributed by atoms with Gasteiger partial charge in [-0.2, -0.15) is 5.26 Å². The Bertz CT molecular complexity index is 128. The summed E-state index contributed by atoms with van der Waals surface area (Å²) in [5, 5.41) is 11.5. The summed E-state index contributed by atoms with van der Waals surface area (Å²) in [6, 6.07) is 2.15. The van der Waals surface area contributed by atoms with Crippen molar-refractivity contribution in [2.75, 3.05) is 27.2 Å². The summed E-state index contributed by atoms with van der Waals surface area (Å²) >= 11 is 0. The van der Waals surface area contributed by atoms with Crippen LogP contribution in [0.15, 0.2) is 0 Å². The maximum Gasteiger partial charge on any atom is 0.108 e. The van der Waals surface area contributed by atoms with Crippen LogP contribution in [-0.2, 0) is 0 Å². The maximum absolute atomic E-state index is 8.60. The average Bonchev–Trinajstić information content (AvgIpc) is 2.01. The van der Waals surface area contributed by atoms with E-state index in [1.807, 2.05) is 14.1 Å². The fourth-order valence-corrected chi connectivity index (χ4v) is 0.981. The Hall–Kier alpha value is -0.590. The van der Waals surface area contributed by atoms with Crippen LogP contribution in [0.1, 0.15) is 13.3 Å². The van der Waals surface area contributed by atoms with E-state index in [9.17, 15) is 0 Å². The topological polar surface area (TPSA) is 39.1 Å².